The standard InChI is InChI=1S/C22H44/c1-19(2,3)17(20(4,5)6)15-13-14-16-18(21(7,8)9)22(10,11)12/h13,15,17-18H,14,16H2,1-12H3/b15-13+. The summed E-state index contributed by atoms with van der Waals surface area (Å²) >= 11 is 0. The highest BCUT2D eigenvalue weighted by atomic mass is 14.4. The Hall–Kier alpha value is -0.260. The summed E-state index contributed by atoms with van der Waals surface area (Å²) in [4.78, 5) is 0. The first-order valence-electron chi connectivity index (χ1n) is 9.14. The summed E-state index contributed by atoms with van der Waals surface area (Å²) in [5.74, 6) is 1.36. The molecule has 0 radical (unpaired) electrons. The number of allylic oxidation sites excluding steroid dienone is 2. The molecule has 0 saturated heterocycles. The van der Waals surface area contributed by atoms with Crippen LogP contribution in [0.1, 0.15) is 95.9 Å². The molecule has 0 bridgehead atoms. The largest absolute Gasteiger partial charge is 0.0882 e. The van der Waals surface area contributed by atoms with Crippen LogP contribution in [0.4, 0.5) is 0 Å². The highest BCUT2D eigenvalue weighted by Crippen LogP contribution is 2.43. The molecule has 0 nitrogen and oxygen atoms in total. The molecule has 0 aliphatic carbocycles. The van der Waals surface area contributed by atoms with Crippen LogP contribution in [0.15, 0.2) is 12.2 Å². The smallest absolute Gasteiger partial charge is 0.0136 e. The molecule has 0 aliphatic heterocycles. The van der Waals surface area contributed by atoms with Crippen molar-refractivity contribution in [3.63, 3.8) is 0 Å². The topological polar surface area (TPSA) is 0 Å². The van der Waals surface area contributed by atoms with Crippen molar-refractivity contribution in [1.82, 2.24) is 0 Å². The Morgan fingerprint density at radius 3 is 1.23 bits per heavy atom. The van der Waals surface area contributed by atoms with Crippen LogP contribution in [0.5, 0.6) is 0 Å². The Labute approximate surface area is 142 Å². The van der Waals surface area contributed by atoms with Gasteiger partial charge in [0.1, 0.15) is 0 Å². The Morgan fingerprint density at radius 2 is 0.955 bits per heavy atom. The molecule has 0 heterocycles. The SMILES string of the molecule is CC(C)(C)C(/C=C/CCC(C(C)(C)C)C(C)(C)C)C(C)(C)C. The zero-order valence-electron chi connectivity index (χ0n) is 17.7. The number of hydrogen-bond acceptors (Lipinski definition) is 0. The van der Waals surface area contributed by atoms with Gasteiger partial charge in [-0.05, 0) is 46.3 Å². The summed E-state index contributed by atoms with van der Waals surface area (Å²) in [6.07, 6.45) is 7.42. The summed E-state index contributed by atoms with van der Waals surface area (Å²) in [5.41, 5.74) is 1.39. The summed E-state index contributed by atoms with van der Waals surface area (Å²) in [6.45, 7) is 28.5. The van der Waals surface area contributed by atoms with E-state index in [0.29, 0.717) is 27.6 Å². The third-order valence-electron chi connectivity index (χ3n) is 4.91. The van der Waals surface area contributed by atoms with Gasteiger partial charge in [0.2, 0.25) is 0 Å². The minimum Gasteiger partial charge on any atom is -0.0882 e. The second kappa shape index (κ2) is 7.10. The predicted octanol–water partition coefficient (Wildman–Crippen LogP) is 7.74. The maximum Gasteiger partial charge on any atom is -0.0136 e. The fourth-order valence-electron chi connectivity index (χ4n) is 4.54. The van der Waals surface area contributed by atoms with Gasteiger partial charge in [0.25, 0.3) is 0 Å². The van der Waals surface area contributed by atoms with Crippen molar-refractivity contribution in [2.24, 2.45) is 33.5 Å². The highest BCUT2D eigenvalue weighted by Gasteiger charge is 2.34. The van der Waals surface area contributed by atoms with Crippen LogP contribution in [0, 0.1) is 33.5 Å². The molecule has 0 heteroatoms. The Balaban J connectivity index is 4.92. The zero-order valence-corrected chi connectivity index (χ0v) is 17.7. The fraction of sp³-hybridized carbons (Fsp3) is 0.909. The van der Waals surface area contributed by atoms with Gasteiger partial charge in [0.15, 0.2) is 0 Å². The Bertz CT molecular complexity index is 315. The number of rotatable bonds is 4. The molecule has 0 rings (SSSR count). The van der Waals surface area contributed by atoms with E-state index in [9.17, 15) is 0 Å². The first-order valence-corrected chi connectivity index (χ1v) is 9.14. The predicted molar refractivity (Wildman–Crippen MR) is 103 cm³/mol. The highest BCUT2D eigenvalue weighted by molar-refractivity contribution is 5.00. The lowest BCUT2D eigenvalue weighted by atomic mass is 9.64. The fourth-order valence-corrected chi connectivity index (χ4v) is 4.54. The van der Waals surface area contributed by atoms with Crippen LogP contribution in [0.25, 0.3) is 0 Å². The van der Waals surface area contributed by atoms with E-state index in [1.165, 1.54) is 12.8 Å². The summed E-state index contributed by atoms with van der Waals surface area (Å²) in [7, 11) is 0. The number of hydrogen-bond donors (Lipinski definition) is 0. The van der Waals surface area contributed by atoms with Crippen LogP contribution >= 0.6 is 0 Å². The Morgan fingerprint density at radius 1 is 0.591 bits per heavy atom. The van der Waals surface area contributed by atoms with E-state index >= 15 is 0 Å². The lowest BCUT2D eigenvalue weighted by molar-refractivity contribution is 0.0936. The van der Waals surface area contributed by atoms with Crippen LogP contribution in [-0.4, -0.2) is 0 Å². The van der Waals surface area contributed by atoms with Crippen LogP contribution in [0.3, 0.4) is 0 Å². The summed E-state index contributed by atoms with van der Waals surface area (Å²) in [6, 6.07) is 0. The minimum absolute atomic E-state index is 0.322. The van der Waals surface area contributed by atoms with Crippen molar-refractivity contribution >= 4 is 0 Å². The molecule has 0 fully saturated rings. The molecule has 0 amide bonds. The maximum atomic E-state index is 2.49. The molecule has 0 aromatic carbocycles. The van der Waals surface area contributed by atoms with Crippen molar-refractivity contribution in [2.45, 2.75) is 95.9 Å². The second-order valence-corrected chi connectivity index (χ2v) is 11.5. The van der Waals surface area contributed by atoms with Gasteiger partial charge in [-0.1, -0.05) is 95.2 Å². The summed E-state index contributed by atoms with van der Waals surface area (Å²) < 4.78 is 0. The Kier molecular flexibility index (Phi) is 7.02. The first kappa shape index (κ1) is 21.7. The molecule has 132 valence electrons. The van der Waals surface area contributed by atoms with E-state index in [2.05, 4.69) is 95.2 Å². The van der Waals surface area contributed by atoms with Crippen molar-refractivity contribution < 1.29 is 0 Å². The van der Waals surface area contributed by atoms with Gasteiger partial charge in [-0.3, -0.25) is 0 Å². The van der Waals surface area contributed by atoms with Crippen molar-refractivity contribution in [1.29, 1.82) is 0 Å². The van der Waals surface area contributed by atoms with Crippen LogP contribution in [-0.2, 0) is 0 Å². The van der Waals surface area contributed by atoms with Crippen LogP contribution in [0.2, 0.25) is 0 Å². The molecule has 0 aromatic rings. The molecule has 0 saturated carbocycles. The average molecular weight is 309 g/mol. The monoisotopic (exact) mass is 308 g/mol. The van der Waals surface area contributed by atoms with Gasteiger partial charge < -0.3 is 0 Å². The van der Waals surface area contributed by atoms with Gasteiger partial charge in [-0.25, -0.2) is 0 Å². The molecule has 0 aliphatic rings. The van der Waals surface area contributed by atoms with Crippen molar-refractivity contribution in [3.05, 3.63) is 12.2 Å². The third kappa shape index (κ3) is 7.34. The van der Waals surface area contributed by atoms with Crippen LogP contribution < -0.4 is 0 Å². The molecule has 22 heavy (non-hydrogen) atoms. The minimum atomic E-state index is 0.322. The average Bonchev–Trinajstić information content (AvgIpc) is 2.14. The normalized spacial score (nSPS) is 15.4. The molecular weight excluding hydrogens is 264 g/mol. The van der Waals surface area contributed by atoms with E-state index in [0.717, 1.165) is 5.92 Å². The molecule has 0 atom stereocenters. The molecule has 0 spiro atoms. The zero-order chi connectivity index (χ0) is 18.0. The lowest BCUT2D eigenvalue weighted by Crippen LogP contribution is -2.32. The van der Waals surface area contributed by atoms with E-state index in [4.69, 9.17) is 0 Å². The lowest BCUT2D eigenvalue weighted by Gasteiger charge is -2.41. The van der Waals surface area contributed by atoms with E-state index in [1.807, 2.05) is 0 Å². The van der Waals surface area contributed by atoms with Gasteiger partial charge >= 0.3 is 0 Å². The maximum absolute atomic E-state index is 2.49. The second-order valence-electron chi connectivity index (χ2n) is 11.5. The molecule has 0 unspecified atom stereocenters. The first-order chi connectivity index (χ1) is 9.47. The van der Waals surface area contributed by atoms with Gasteiger partial charge in [0, 0.05) is 0 Å². The summed E-state index contributed by atoms with van der Waals surface area (Å²) in [5, 5.41) is 0. The van der Waals surface area contributed by atoms with E-state index < -0.39 is 0 Å². The van der Waals surface area contributed by atoms with Crippen molar-refractivity contribution in [3.8, 4) is 0 Å². The molecule has 0 N–H and O–H groups in total. The quantitative estimate of drug-likeness (QED) is 0.466. The van der Waals surface area contributed by atoms with Gasteiger partial charge in [0.05, 0.1) is 0 Å². The van der Waals surface area contributed by atoms with Crippen molar-refractivity contribution in [2.75, 3.05) is 0 Å². The molecular formula is C22H44. The van der Waals surface area contributed by atoms with E-state index in [-0.39, 0.29) is 0 Å². The third-order valence-corrected chi connectivity index (χ3v) is 4.91. The van der Waals surface area contributed by atoms with E-state index in [1.54, 1.807) is 0 Å². The van der Waals surface area contributed by atoms with Gasteiger partial charge in [-0.15, -0.1) is 0 Å². The van der Waals surface area contributed by atoms with Gasteiger partial charge in [-0.2, -0.15) is 0 Å². The molecule has 0 aromatic heterocycles.